The predicted octanol–water partition coefficient (Wildman–Crippen LogP) is 1.41. The summed E-state index contributed by atoms with van der Waals surface area (Å²) < 4.78 is 5.07. The van der Waals surface area contributed by atoms with Crippen molar-refractivity contribution >= 4 is 17.6 Å². The summed E-state index contributed by atoms with van der Waals surface area (Å²) in [6.45, 7) is 4.85. The number of nitrogens with zero attached hydrogens (tertiary/aromatic N) is 3. The molecule has 2 N–H and O–H groups in total. The van der Waals surface area contributed by atoms with Gasteiger partial charge < -0.3 is 24.9 Å². The van der Waals surface area contributed by atoms with Crippen molar-refractivity contribution in [3.05, 3.63) is 54.5 Å². The average molecular weight is 355 g/mol. The van der Waals surface area contributed by atoms with Gasteiger partial charge in [-0.3, -0.25) is 9.79 Å². The smallest absolute Gasteiger partial charge is 0.287 e. The van der Waals surface area contributed by atoms with E-state index in [1.807, 2.05) is 6.07 Å². The zero-order valence-electron chi connectivity index (χ0n) is 15.0. The van der Waals surface area contributed by atoms with Gasteiger partial charge in [-0.05, 0) is 24.3 Å². The lowest BCUT2D eigenvalue weighted by atomic mass is 10.2. The molecule has 0 bridgehead atoms. The van der Waals surface area contributed by atoms with Crippen LogP contribution in [0.15, 0.2) is 58.1 Å². The van der Waals surface area contributed by atoms with Crippen molar-refractivity contribution in [2.24, 2.45) is 4.99 Å². The molecule has 0 aliphatic carbocycles. The monoisotopic (exact) mass is 355 g/mol. The largest absolute Gasteiger partial charge is 0.459 e. The molecule has 0 unspecified atom stereocenters. The Balaban J connectivity index is 1.40. The molecule has 2 heterocycles. The van der Waals surface area contributed by atoms with E-state index in [0.29, 0.717) is 18.8 Å². The van der Waals surface area contributed by atoms with E-state index in [0.717, 1.165) is 32.1 Å². The Morgan fingerprint density at radius 1 is 1.04 bits per heavy atom. The number of carbonyl (C=O) groups excluding carboxylic acids is 1. The van der Waals surface area contributed by atoms with E-state index in [9.17, 15) is 4.79 Å². The van der Waals surface area contributed by atoms with Crippen LogP contribution in [-0.2, 0) is 0 Å². The molecule has 1 fully saturated rings. The second-order valence-electron chi connectivity index (χ2n) is 6.02. The second kappa shape index (κ2) is 8.94. The molecule has 1 aliphatic heterocycles. The van der Waals surface area contributed by atoms with Crippen LogP contribution < -0.4 is 15.5 Å². The van der Waals surface area contributed by atoms with Crippen LogP contribution in [0, 0.1) is 0 Å². The zero-order valence-corrected chi connectivity index (χ0v) is 15.0. The minimum Gasteiger partial charge on any atom is -0.459 e. The Morgan fingerprint density at radius 2 is 1.77 bits per heavy atom. The number of aliphatic imine (C=N–C) groups is 1. The SMILES string of the molecule is CN=C(NCCNC(=O)c1ccco1)N1CCN(c2ccccc2)CC1. The first kappa shape index (κ1) is 17.8. The Labute approximate surface area is 153 Å². The maximum absolute atomic E-state index is 11.8. The second-order valence-corrected chi connectivity index (χ2v) is 6.02. The number of amides is 1. The van der Waals surface area contributed by atoms with Crippen LogP contribution in [0.4, 0.5) is 5.69 Å². The fourth-order valence-electron chi connectivity index (χ4n) is 2.99. The van der Waals surface area contributed by atoms with Crippen molar-refractivity contribution in [2.45, 2.75) is 0 Å². The number of furan rings is 1. The molecular formula is C19H25N5O2. The van der Waals surface area contributed by atoms with Crippen LogP contribution in [0.5, 0.6) is 0 Å². The van der Waals surface area contributed by atoms with Gasteiger partial charge in [0.05, 0.1) is 6.26 Å². The Kier molecular flexibility index (Phi) is 6.14. The van der Waals surface area contributed by atoms with Crippen LogP contribution >= 0.6 is 0 Å². The number of benzene rings is 1. The number of piperazine rings is 1. The highest BCUT2D eigenvalue weighted by atomic mass is 16.3. The molecule has 138 valence electrons. The van der Waals surface area contributed by atoms with Gasteiger partial charge in [0.15, 0.2) is 11.7 Å². The summed E-state index contributed by atoms with van der Waals surface area (Å²) in [7, 11) is 1.79. The number of anilines is 1. The summed E-state index contributed by atoms with van der Waals surface area (Å²) in [5, 5.41) is 6.13. The van der Waals surface area contributed by atoms with E-state index >= 15 is 0 Å². The molecule has 2 aromatic rings. The molecule has 1 aromatic heterocycles. The van der Waals surface area contributed by atoms with E-state index in [-0.39, 0.29) is 5.91 Å². The molecular weight excluding hydrogens is 330 g/mol. The van der Waals surface area contributed by atoms with Gasteiger partial charge in [0.1, 0.15) is 0 Å². The van der Waals surface area contributed by atoms with Crippen LogP contribution in [0.3, 0.4) is 0 Å². The Bertz CT molecular complexity index is 707. The third-order valence-corrected chi connectivity index (χ3v) is 4.35. The van der Waals surface area contributed by atoms with Gasteiger partial charge >= 0.3 is 0 Å². The standard InChI is InChI=1S/C19H25N5O2/c1-20-19(22-10-9-21-18(25)17-8-5-15-26-17)24-13-11-23(12-14-24)16-6-3-2-4-7-16/h2-8,15H,9-14H2,1H3,(H,20,22)(H,21,25). The van der Waals surface area contributed by atoms with Crippen molar-refractivity contribution in [2.75, 3.05) is 51.2 Å². The lowest BCUT2D eigenvalue weighted by Gasteiger charge is -2.37. The van der Waals surface area contributed by atoms with Gasteiger partial charge in [0.25, 0.3) is 5.91 Å². The van der Waals surface area contributed by atoms with Gasteiger partial charge in [-0.2, -0.15) is 0 Å². The topological polar surface area (TPSA) is 73.1 Å². The summed E-state index contributed by atoms with van der Waals surface area (Å²) in [5.74, 6) is 0.986. The maximum atomic E-state index is 11.8. The zero-order chi connectivity index (χ0) is 18.2. The first-order valence-corrected chi connectivity index (χ1v) is 8.85. The van der Waals surface area contributed by atoms with Crippen molar-refractivity contribution in [1.29, 1.82) is 0 Å². The molecule has 1 aliphatic rings. The van der Waals surface area contributed by atoms with Gasteiger partial charge in [0, 0.05) is 52.0 Å². The summed E-state index contributed by atoms with van der Waals surface area (Å²) in [4.78, 5) is 20.8. The fourth-order valence-corrected chi connectivity index (χ4v) is 2.99. The van der Waals surface area contributed by atoms with Crippen LogP contribution in [0.25, 0.3) is 0 Å². The first-order chi connectivity index (χ1) is 12.8. The number of para-hydroxylation sites is 1. The molecule has 1 saturated heterocycles. The molecule has 0 spiro atoms. The van der Waals surface area contributed by atoms with E-state index in [2.05, 4.69) is 49.7 Å². The molecule has 1 amide bonds. The number of hydrogen-bond acceptors (Lipinski definition) is 4. The molecule has 3 rings (SSSR count). The summed E-state index contributed by atoms with van der Waals surface area (Å²) in [6, 6.07) is 13.8. The first-order valence-electron chi connectivity index (χ1n) is 8.85. The van der Waals surface area contributed by atoms with Crippen molar-refractivity contribution in [1.82, 2.24) is 15.5 Å². The third-order valence-electron chi connectivity index (χ3n) is 4.35. The van der Waals surface area contributed by atoms with Gasteiger partial charge in [-0.15, -0.1) is 0 Å². The maximum Gasteiger partial charge on any atom is 0.287 e. The van der Waals surface area contributed by atoms with Crippen molar-refractivity contribution in [3.63, 3.8) is 0 Å². The van der Waals surface area contributed by atoms with Crippen molar-refractivity contribution in [3.8, 4) is 0 Å². The molecule has 26 heavy (non-hydrogen) atoms. The molecule has 0 radical (unpaired) electrons. The molecule has 7 nitrogen and oxygen atoms in total. The summed E-state index contributed by atoms with van der Waals surface area (Å²) in [6.07, 6.45) is 1.49. The lowest BCUT2D eigenvalue weighted by molar-refractivity contribution is 0.0926. The minimum atomic E-state index is -0.205. The average Bonchev–Trinajstić information content (AvgIpc) is 3.24. The van der Waals surface area contributed by atoms with E-state index in [1.54, 1.807) is 19.2 Å². The Morgan fingerprint density at radius 3 is 2.42 bits per heavy atom. The highest BCUT2D eigenvalue weighted by Gasteiger charge is 2.19. The lowest BCUT2D eigenvalue weighted by Crippen LogP contribution is -2.53. The minimum absolute atomic E-state index is 0.205. The number of guanidine groups is 1. The summed E-state index contributed by atoms with van der Waals surface area (Å²) in [5.41, 5.74) is 1.26. The number of rotatable bonds is 5. The molecule has 0 saturated carbocycles. The van der Waals surface area contributed by atoms with Crippen LogP contribution in [-0.4, -0.2) is 63.1 Å². The number of nitrogens with one attached hydrogen (secondary N) is 2. The highest BCUT2D eigenvalue weighted by molar-refractivity contribution is 5.91. The molecule has 1 aromatic carbocycles. The van der Waals surface area contributed by atoms with Crippen molar-refractivity contribution < 1.29 is 9.21 Å². The predicted molar refractivity (Wildman–Crippen MR) is 103 cm³/mol. The Hall–Kier alpha value is -2.96. The quantitative estimate of drug-likeness (QED) is 0.482. The molecule has 7 heteroatoms. The summed E-state index contributed by atoms with van der Waals surface area (Å²) >= 11 is 0. The number of carbonyl (C=O) groups is 1. The highest BCUT2D eigenvalue weighted by Crippen LogP contribution is 2.15. The van der Waals surface area contributed by atoms with E-state index in [1.165, 1.54) is 12.0 Å². The van der Waals surface area contributed by atoms with Gasteiger partial charge in [0.2, 0.25) is 0 Å². The van der Waals surface area contributed by atoms with E-state index < -0.39 is 0 Å². The third kappa shape index (κ3) is 4.56. The molecule has 0 atom stereocenters. The van der Waals surface area contributed by atoms with Crippen LogP contribution in [0.2, 0.25) is 0 Å². The van der Waals surface area contributed by atoms with Gasteiger partial charge in [-0.25, -0.2) is 0 Å². The van der Waals surface area contributed by atoms with Crippen LogP contribution in [0.1, 0.15) is 10.6 Å². The van der Waals surface area contributed by atoms with E-state index in [4.69, 9.17) is 4.42 Å². The number of hydrogen-bond donors (Lipinski definition) is 2. The fraction of sp³-hybridized carbons (Fsp3) is 0.368. The normalized spacial score (nSPS) is 15.0. The van der Waals surface area contributed by atoms with Gasteiger partial charge in [-0.1, -0.05) is 18.2 Å².